The summed E-state index contributed by atoms with van der Waals surface area (Å²) < 4.78 is 6.05. The minimum absolute atomic E-state index is 0.311. The van der Waals surface area contributed by atoms with Gasteiger partial charge >= 0.3 is 0 Å². The Morgan fingerprint density at radius 2 is 2.38 bits per heavy atom. The minimum atomic E-state index is -0.477. The molecule has 48 valence electrons. The van der Waals surface area contributed by atoms with Crippen molar-refractivity contribution >= 4 is 22.6 Å². The number of rotatable bonds is 1. The fourth-order valence-electron chi connectivity index (χ4n) is 0.800. The van der Waals surface area contributed by atoms with Gasteiger partial charge in [-0.1, -0.05) is 22.6 Å². The number of aliphatic hydroxyl groups is 1. The Morgan fingerprint density at radius 3 is 2.62 bits per heavy atom. The number of hydrogen-bond acceptors (Lipinski definition) is 2. The lowest BCUT2D eigenvalue weighted by atomic mass is 10.3. The van der Waals surface area contributed by atoms with Gasteiger partial charge in [0.25, 0.3) is 0 Å². The summed E-state index contributed by atoms with van der Waals surface area (Å²) in [6, 6.07) is 0. The van der Waals surface area contributed by atoms with Gasteiger partial charge in [0.1, 0.15) is 0 Å². The zero-order valence-corrected chi connectivity index (χ0v) is 6.67. The summed E-state index contributed by atoms with van der Waals surface area (Å²) in [5, 5.41) is 8.81. The lowest BCUT2D eigenvalue weighted by molar-refractivity contribution is -0.0830. The molecule has 1 fully saturated rings. The van der Waals surface area contributed by atoms with E-state index in [1.54, 1.807) is 0 Å². The Morgan fingerprint density at radius 1 is 1.62 bits per heavy atom. The molecule has 1 aliphatic rings. The minimum Gasteiger partial charge on any atom is -0.368 e. The maximum atomic E-state index is 8.81. The highest BCUT2D eigenvalue weighted by Gasteiger charge is 2.21. The molecule has 2 atom stereocenters. The Bertz CT molecular complexity index is 76.8. The van der Waals surface area contributed by atoms with Crippen molar-refractivity contribution < 1.29 is 9.84 Å². The molecule has 0 spiro atoms. The number of ether oxygens (including phenoxy) is 1. The van der Waals surface area contributed by atoms with Crippen LogP contribution < -0.4 is 0 Å². The predicted octanol–water partition coefficient (Wildman–Crippen LogP) is 0.919. The van der Waals surface area contributed by atoms with E-state index in [9.17, 15) is 0 Å². The number of halogens is 1. The molecule has 8 heavy (non-hydrogen) atoms. The molecule has 0 saturated carbocycles. The highest BCUT2D eigenvalue weighted by Crippen LogP contribution is 2.18. The van der Waals surface area contributed by atoms with E-state index >= 15 is 0 Å². The van der Waals surface area contributed by atoms with Crippen molar-refractivity contribution in [2.24, 2.45) is 0 Å². The SMILES string of the molecule is O[C@@H]1CC[C@H](CI)O1. The molecule has 0 aromatic rings. The van der Waals surface area contributed by atoms with Gasteiger partial charge in [0.05, 0.1) is 6.10 Å². The third-order valence-electron chi connectivity index (χ3n) is 1.26. The van der Waals surface area contributed by atoms with Crippen molar-refractivity contribution in [2.45, 2.75) is 25.2 Å². The third-order valence-corrected chi connectivity index (χ3v) is 2.24. The van der Waals surface area contributed by atoms with Crippen LogP contribution in [-0.4, -0.2) is 21.9 Å². The van der Waals surface area contributed by atoms with Crippen LogP contribution in [0.2, 0.25) is 0 Å². The van der Waals surface area contributed by atoms with Gasteiger partial charge in [-0.05, 0) is 6.42 Å². The van der Waals surface area contributed by atoms with Crippen molar-refractivity contribution in [3.05, 3.63) is 0 Å². The van der Waals surface area contributed by atoms with Gasteiger partial charge in [-0.15, -0.1) is 0 Å². The van der Waals surface area contributed by atoms with Crippen LogP contribution in [0.1, 0.15) is 12.8 Å². The molecule has 0 aliphatic carbocycles. The first-order valence-corrected chi connectivity index (χ1v) is 4.25. The first-order chi connectivity index (χ1) is 3.83. The van der Waals surface area contributed by atoms with Gasteiger partial charge in [-0.25, -0.2) is 0 Å². The second-order valence-electron chi connectivity index (χ2n) is 1.94. The average Bonchev–Trinajstić information content (AvgIpc) is 2.14. The standard InChI is InChI=1S/C5H9IO2/c6-3-4-1-2-5(7)8-4/h4-5,7H,1-3H2/t4-,5+/m1/s1. The zero-order chi connectivity index (χ0) is 5.98. The van der Waals surface area contributed by atoms with Gasteiger partial charge in [0.15, 0.2) is 6.29 Å². The molecular weight excluding hydrogens is 219 g/mol. The van der Waals surface area contributed by atoms with Gasteiger partial charge < -0.3 is 9.84 Å². The molecule has 0 aromatic heterocycles. The van der Waals surface area contributed by atoms with Crippen molar-refractivity contribution in [2.75, 3.05) is 4.43 Å². The highest BCUT2D eigenvalue weighted by molar-refractivity contribution is 14.1. The van der Waals surface area contributed by atoms with Crippen LogP contribution in [0.25, 0.3) is 0 Å². The van der Waals surface area contributed by atoms with Gasteiger partial charge in [-0.2, -0.15) is 0 Å². The van der Waals surface area contributed by atoms with E-state index in [0.717, 1.165) is 17.3 Å². The fraction of sp³-hybridized carbons (Fsp3) is 1.00. The summed E-state index contributed by atoms with van der Waals surface area (Å²) in [7, 11) is 0. The Kier molecular flexibility index (Phi) is 2.52. The van der Waals surface area contributed by atoms with Crippen molar-refractivity contribution in [3.63, 3.8) is 0 Å². The molecule has 1 saturated heterocycles. The molecule has 0 amide bonds. The summed E-state index contributed by atoms with van der Waals surface area (Å²) in [5.41, 5.74) is 0. The number of alkyl halides is 1. The maximum absolute atomic E-state index is 8.81. The highest BCUT2D eigenvalue weighted by atomic mass is 127. The maximum Gasteiger partial charge on any atom is 0.155 e. The van der Waals surface area contributed by atoms with Crippen molar-refractivity contribution in [3.8, 4) is 0 Å². The molecule has 1 N–H and O–H groups in total. The summed E-state index contributed by atoms with van der Waals surface area (Å²) in [4.78, 5) is 0. The molecule has 0 unspecified atom stereocenters. The average molecular weight is 228 g/mol. The lowest BCUT2D eigenvalue weighted by Gasteiger charge is -2.03. The molecule has 2 nitrogen and oxygen atoms in total. The quantitative estimate of drug-likeness (QED) is 0.534. The van der Waals surface area contributed by atoms with E-state index in [4.69, 9.17) is 9.84 Å². The van der Waals surface area contributed by atoms with E-state index in [0.29, 0.717) is 6.10 Å². The van der Waals surface area contributed by atoms with Gasteiger partial charge in [-0.3, -0.25) is 0 Å². The Labute approximate surface area is 62.4 Å². The zero-order valence-electron chi connectivity index (χ0n) is 4.51. The van der Waals surface area contributed by atoms with Crippen LogP contribution >= 0.6 is 22.6 Å². The molecule has 0 radical (unpaired) electrons. The van der Waals surface area contributed by atoms with Crippen LogP contribution in [-0.2, 0) is 4.74 Å². The first kappa shape index (κ1) is 6.77. The molecule has 1 heterocycles. The summed E-state index contributed by atoms with van der Waals surface area (Å²) in [6.45, 7) is 0. The number of hydrogen-bond donors (Lipinski definition) is 1. The normalized spacial score (nSPS) is 38.2. The Balaban J connectivity index is 2.22. The van der Waals surface area contributed by atoms with E-state index < -0.39 is 6.29 Å². The molecule has 3 heteroatoms. The van der Waals surface area contributed by atoms with Crippen molar-refractivity contribution in [1.82, 2.24) is 0 Å². The third kappa shape index (κ3) is 1.56. The summed E-state index contributed by atoms with van der Waals surface area (Å²) in [6.07, 6.45) is 1.66. The van der Waals surface area contributed by atoms with Crippen LogP contribution in [0.3, 0.4) is 0 Å². The van der Waals surface area contributed by atoms with E-state index in [1.165, 1.54) is 0 Å². The van der Waals surface area contributed by atoms with E-state index in [1.807, 2.05) is 0 Å². The van der Waals surface area contributed by atoms with E-state index in [2.05, 4.69) is 22.6 Å². The Hall–Kier alpha value is 0.650. The predicted molar refractivity (Wildman–Crippen MR) is 39.0 cm³/mol. The summed E-state index contributed by atoms with van der Waals surface area (Å²) >= 11 is 2.26. The van der Waals surface area contributed by atoms with Crippen LogP contribution in [0, 0.1) is 0 Å². The molecule has 0 bridgehead atoms. The molecule has 1 aliphatic heterocycles. The first-order valence-electron chi connectivity index (χ1n) is 2.72. The topological polar surface area (TPSA) is 29.5 Å². The number of aliphatic hydroxyl groups excluding tert-OH is 1. The van der Waals surface area contributed by atoms with Crippen LogP contribution in [0.15, 0.2) is 0 Å². The van der Waals surface area contributed by atoms with Gasteiger partial charge in [0.2, 0.25) is 0 Å². The van der Waals surface area contributed by atoms with E-state index in [-0.39, 0.29) is 0 Å². The largest absolute Gasteiger partial charge is 0.368 e. The molecular formula is C5H9IO2. The van der Waals surface area contributed by atoms with Gasteiger partial charge in [0, 0.05) is 10.8 Å². The summed E-state index contributed by atoms with van der Waals surface area (Å²) in [5.74, 6) is 0. The molecule has 0 aromatic carbocycles. The van der Waals surface area contributed by atoms with Crippen LogP contribution in [0.5, 0.6) is 0 Å². The second kappa shape index (κ2) is 2.98. The van der Waals surface area contributed by atoms with Crippen molar-refractivity contribution in [1.29, 1.82) is 0 Å². The molecule has 1 rings (SSSR count). The lowest BCUT2D eigenvalue weighted by Crippen LogP contribution is -2.10. The van der Waals surface area contributed by atoms with Crippen LogP contribution in [0.4, 0.5) is 0 Å². The second-order valence-corrected chi connectivity index (χ2v) is 2.83. The fourth-order valence-corrected chi connectivity index (χ4v) is 1.45. The monoisotopic (exact) mass is 228 g/mol. The smallest absolute Gasteiger partial charge is 0.155 e.